The first-order valence-corrected chi connectivity index (χ1v) is 16.0. The number of carbonyl (C=O) groups is 2. The van der Waals surface area contributed by atoms with Gasteiger partial charge >= 0.3 is 11.9 Å². The lowest BCUT2D eigenvalue weighted by atomic mass is 9.99. The molecule has 0 radical (unpaired) electrons. The summed E-state index contributed by atoms with van der Waals surface area (Å²) < 4.78 is 28.3. The van der Waals surface area contributed by atoms with Crippen molar-refractivity contribution < 1.29 is 63.6 Å². The van der Waals surface area contributed by atoms with Crippen LogP contribution in [0.4, 0.5) is 0 Å². The molecule has 1 aromatic heterocycles. The van der Waals surface area contributed by atoms with Gasteiger partial charge in [0.2, 0.25) is 6.29 Å². The smallest absolute Gasteiger partial charge is 0.331 e. The molecule has 0 unspecified atom stereocenters. The van der Waals surface area contributed by atoms with Gasteiger partial charge in [-0.1, -0.05) is 24.3 Å². The summed E-state index contributed by atoms with van der Waals surface area (Å²) in [7, 11) is 0. The van der Waals surface area contributed by atoms with Crippen molar-refractivity contribution in [1.82, 2.24) is 0 Å². The summed E-state index contributed by atoms with van der Waals surface area (Å²) in [5.74, 6) is -2.28. The molecule has 0 amide bonds. The number of aromatic hydroxyl groups is 4. The number of hydrogen-bond acceptors (Lipinski definition) is 14. The van der Waals surface area contributed by atoms with Gasteiger partial charge in [0.1, 0.15) is 70.4 Å². The van der Waals surface area contributed by atoms with Gasteiger partial charge in [-0.2, -0.15) is 0 Å². The van der Waals surface area contributed by atoms with Gasteiger partial charge in [-0.05, 0) is 71.8 Å². The maximum Gasteiger partial charge on any atom is 0.331 e. The number of ether oxygens (including phenoxy) is 4. The van der Waals surface area contributed by atoms with E-state index in [1.54, 1.807) is 24.3 Å². The summed E-state index contributed by atoms with van der Waals surface area (Å²) in [6.07, 6.45) is -3.39. The molecule has 4 aromatic carbocycles. The number of aliphatic hydroxyl groups is 2. The summed E-state index contributed by atoms with van der Waals surface area (Å²) in [4.78, 5) is 38.4. The van der Waals surface area contributed by atoms with Crippen LogP contribution in [-0.2, 0) is 23.8 Å². The zero-order valence-corrected chi connectivity index (χ0v) is 27.5. The van der Waals surface area contributed by atoms with Crippen molar-refractivity contribution in [3.8, 4) is 40.1 Å². The van der Waals surface area contributed by atoms with Crippen LogP contribution in [0, 0.1) is 0 Å². The lowest BCUT2D eigenvalue weighted by Gasteiger charge is -2.41. The second-order valence-electron chi connectivity index (χ2n) is 11.9. The number of esters is 2. The van der Waals surface area contributed by atoms with Crippen molar-refractivity contribution in [3.63, 3.8) is 0 Å². The van der Waals surface area contributed by atoms with Crippen LogP contribution in [0.3, 0.4) is 0 Å². The predicted octanol–water partition coefficient (Wildman–Crippen LogP) is 3.99. The average molecular weight is 725 g/mol. The molecule has 1 aliphatic heterocycles. The van der Waals surface area contributed by atoms with Crippen molar-refractivity contribution in [3.05, 3.63) is 124 Å². The highest BCUT2D eigenvalue weighted by molar-refractivity contribution is 5.88. The van der Waals surface area contributed by atoms with Gasteiger partial charge < -0.3 is 54.0 Å². The molecule has 6 rings (SSSR count). The summed E-state index contributed by atoms with van der Waals surface area (Å²) in [6.45, 7) is -0.587. The Balaban J connectivity index is 1.23. The highest BCUT2D eigenvalue weighted by Crippen LogP contribution is 2.34. The SMILES string of the molecule is O=C(C=Cc1ccc(O)cc1)OC[C@@H]1O[C@@H](Oc2cc(O)c3c(=O)cc(-c4ccc(O)cc4)oc3c2)[C@H](O)[C@@H](O)[C@@H]1OC(=O)C=Cc1ccc(O)cc1. The van der Waals surface area contributed by atoms with E-state index in [2.05, 4.69) is 0 Å². The lowest BCUT2D eigenvalue weighted by Crippen LogP contribution is -2.61. The zero-order chi connectivity index (χ0) is 37.6. The van der Waals surface area contributed by atoms with Gasteiger partial charge in [0, 0.05) is 35.9 Å². The third kappa shape index (κ3) is 8.83. The fourth-order valence-corrected chi connectivity index (χ4v) is 5.38. The zero-order valence-electron chi connectivity index (χ0n) is 27.5. The first-order valence-electron chi connectivity index (χ1n) is 16.0. The Labute approximate surface area is 300 Å². The second kappa shape index (κ2) is 15.7. The van der Waals surface area contributed by atoms with Gasteiger partial charge in [0.15, 0.2) is 11.5 Å². The number of carbonyl (C=O) groups excluding carboxylic acids is 2. The third-order valence-electron chi connectivity index (χ3n) is 8.08. The van der Waals surface area contributed by atoms with Crippen LogP contribution >= 0.6 is 0 Å². The van der Waals surface area contributed by atoms with Gasteiger partial charge in [0.05, 0.1) is 0 Å². The molecule has 1 aliphatic rings. The molecule has 6 N–H and O–H groups in total. The lowest BCUT2D eigenvalue weighted by molar-refractivity contribution is -0.281. The number of phenolic OH excluding ortho intramolecular Hbond substituents is 4. The number of hydrogen-bond donors (Lipinski definition) is 6. The molecular weight excluding hydrogens is 692 g/mol. The van der Waals surface area contributed by atoms with Crippen LogP contribution in [-0.4, -0.2) is 79.9 Å². The number of fused-ring (bicyclic) bond motifs is 1. The molecule has 53 heavy (non-hydrogen) atoms. The highest BCUT2D eigenvalue weighted by atomic mass is 16.7. The normalized spacial score (nSPS) is 20.1. The summed E-state index contributed by atoms with van der Waals surface area (Å²) in [5.41, 5.74) is 0.908. The molecule has 14 heteroatoms. The Hall–Kier alpha value is -6.61. The van der Waals surface area contributed by atoms with Crippen LogP contribution < -0.4 is 10.2 Å². The van der Waals surface area contributed by atoms with Crippen LogP contribution in [0.25, 0.3) is 34.4 Å². The van der Waals surface area contributed by atoms with Crippen molar-refractivity contribution in [2.75, 3.05) is 6.61 Å². The van der Waals surface area contributed by atoms with E-state index in [1.807, 2.05) is 0 Å². The second-order valence-corrected chi connectivity index (χ2v) is 11.9. The van der Waals surface area contributed by atoms with E-state index < -0.39 is 60.4 Å². The summed E-state index contributed by atoms with van der Waals surface area (Å²) >= 11 is 0. The maximum absolute atomic E-state index is 12.9. The van der Waals surface area contributed by atoms with Crippen LogP contribution in [0.2, 0.25) is 0 Å². The number of aliphatic hydroxyl groups excluding tert-OH is 2. The monoisotopic (exact) mass is 724 g/mol. The van der Waals surface area contributed by atoms with Crippen LogP contribution in [0.1, 0.15) is 11.1 Å². The quantitative estimate of drug-likeness (QED) is 0.0886. The van der Waals surface area contributed by atoms with E-state index in [4.69, 9.17) is 23.4 Å². The molecule has 5 atom stereocenters. The Bertz CT molecular complexity index is 2210. The number of benzene rings is 4. The molecule has 1 fully saturated rings. The summed E-state index contributed by atoms with van der Waals surface area (Å²) in [6, 6.07) is 21.3. The average Bonchev–Trinajstić information content (AvgIpc) is 3.13. The van der Waals surface area contributed by atoms with Gasteiger partial charge in [-0.15, -0.1) is 0 Å². The Kier molecular flexibility index (Phi) is 10.7. The molecule has 1 saturated heterocycles. The van der Waals surface area contributed by atoms with Crippen molar-refractivity contribution >= 4 is 35.1 Å². The van der Waals surface area contributed by atoms with E-state index in [1.165, 1.54) is 72.8 Å². The number of rotatable bonds is 10. The standard InChI is InChI=1S/C39H32O14/c40-24-9-1-21(2-10-24)5-15-33(45)49-20-32-38(53-34(46)16-6-22-3-11-25(41)12-4-22)36(47)37(48)39(52-32)50-27-17-28(43)35-29(44)19-30(51-31(35)18-27)23-7-13-26(42)14-8-23/h1-19,32,36-43,47-48H,20H2/t32-,36+,37+,38+,39+/m0/s1. The van der Waals surface area contributed by atoms with Gasteiger partial charge in [-0.3, -0.25) is 4.79 Å². The first-order chi connectivity index (χ1) is 25.4. The first kappa shape index (κ1) is 36.2. The maximum atomic E-state index is 12.9. The Morgan fingerprint density at radius 3 is 1.89 bits per heavy atom. The molecule has 0 saturated carbocycles. The molecular formula is C39H32O14. The molecule has 0 spiro atoms. The largest absolute Gasteiger partial charge is 0.508 e. The van der Waals surface area contributed by atoms with E-state index in [9.17, 15) is 45.0 Å². The molecule has 0 bridgehead atoms. The minimum Gasteiger partial charge on any atom is -0.508 e. The minimum absolute atomic E-state index is 0.000360. The third-order valence-corrected chi connectivity index (χ3v) is 8.08. The summed E-state index contributed by atoms with van der Waals surface area (Å²) in [5, 5.41) is 61.4. The molecule has 2 heterocycles. The Morgan fingerprint density at radius 1 is 0.717 bits per heavy atom. The molecule has 0 aliphatic carbocycles. The van der Waals surface area contributed by atoms with Crippen molar-refractivity contribution in [2.24, 2.45) is 0 Å². The van der Waals surface area contributed by atoms with Gasteiger partial charge in [0.25, 0.3) is 0 Å². The van der Waals surface area contributed by atoms with E-state index >= 15 is 0 Å². The minimum atomic E-state index is -1.86. The van der Waals surface area contributed by atoms with Gasteiger partial charge in [-0.25, -0.2) is 9.59 Å². The van der Waals surface area contributed by atoms with Crippen molar-refractivity contribution in [2.45, 2.75) is 30.7 Å². The van der Waals surface area contributed by atoms with E-state index in [-0.39, 0.29) is 39.7 Å². The fraction of sp³-hybridized carbons (Fsp3) is 0.154. The van der Waals surface area contributed by atoms with Crippen molar-refractivity contribution in [1.29, 1.82) is 0 Å². The molecule has 272 valence electrons. The van der Waals surface area contributed by atoms with E-state index in [0.717, 1.165) is 18.2 Å². The predicted molar refractivity (Wildman–Crippen MR) is 188 cm³/mol. The molecule has 14 nitrogen and oxygen atoms in total. The van der Waals surface area contributed by atoms with E-state index in [0.29, 0.717) is 16.7 Å². The molecule has 5 aromatic rings. The Morgan fingerprint density at radius 2 is 1.28 bits per heavy atom. The fourth-order valence-electron chi connectivity index (χ4n) is 5.38. The number of phenols is 4. The van der Waals surface area contributed by atoms with Crippen LogP contribution in [0.5, 0.6) is 28.7 Å². The highest BCUT2D eigenvalue weighted by Gasteiger charge is 2.48. The topological polar surface area (TPSA) is 223 Å². The van der Waals surface area contributed by atoms with Crippen LogP contribution in [0.15, 0.2) is 112 Å².